The van der Waals surface area contributed by atoms with Crippen LogP contribution in [0.15, 0.2) is 0 Å². The fourth-order valence-corrected chi connectivity index (χ4v) is 2.28. The minimum atomic E-state index is 0.903. The third-order valence-electron chi connectivity index (χ3n) is 3.03. The summed E-state index contributed by atoms with van der Waals surface area (Å²) in [6.07, 6.45) is 6.93. The molecular weight excluding hydrogens is 162 g/mol. The molecule has 0 aromatic rings. The molecular formula is C11H24NO+. The molecule has 0 aromatic heterocycles. The number of rotatable bonds is 5. The second-order valence-electron chi connectivity index (χ2n) is 4.40. The van der Waals surface area contributed by atoms with Crippen molar-refractivity contribution in [2.24, 2.45) is 5.92 Å². The molecule has 1 saturated carbocycles. The molecule has 0 radical (unpaired) electrons. The first kappa shape index (κ1) is 11.0. The van der Waals surface area contributed by atoms with Gasteiger partial charge in [-0.3, -0.25) is 0 Å². The molecule has 0 aromatic carbocycles. The molecule has 13 heavy (non-hydrogen) atoms. The highest BCUT2D eigenvalue weighted by molar-refractivity contribution is 4.68. The monoisotopic (exact) mass is 186 g/mol. The Morgan fingerprint density at radius 2 is 2.23 bits per heavy atom. The predicted octanol–water partition coefficient (Wildman–Crippen LogP) is 1.16. The van der Waals surface area contributed by atoms with Crippen LogP contribution in [0.25, 0.3) is 0 Å². The largest absolute Gasteiger partial charge is 0.384 e. The van der Waals surface area contributed by atoms with E-state index >= 15 is 0 Å². The zero-order valence-electron chi connectivity index (χ0n) is 9.09. The number of hydrogen-bond acceptors (Lipinski definition) is 1. The maximum atomic E-state index is 5.03. The summed E-state index contributed by atoms with van der Waals surface area (Å²) in [7, 11) is 1.78. The molecule has 0 bridgehead atoms. The van der Waals surface area contributed by atoms with Crippen molar-refractivity contribution < 1.29 is 10.1 Å². The summed E-state index contributed by atoms with van der Waals surface area (Å²) < 4.78 is 5.03. The topological polar surface area (TPSA) is 25.8 Å². The second kappa shape index (κ2) is 6.39. The van der Waals surface area contributed by atoms with Gasteiger partial charge in [0, 0.05) is 20.0 Å². The quantitative estimate of drug-likeness (QED) is 0.641. The molecule has 2 heteroatoms. The van der Waals surface area contributed by atoms with Crippen LogP contribution in [0.1, 0.15) is 39.0 Å². The Bertz CT molecular complexity index is 127. The van der Waals surface area contributed by atoms with E-state index < -0.39 is 0 Å². The van der Waals surface area contributed by atoms with Gasteiger partial charge >= 0.3 is 0 Å². The lowest BCUT2D eigenvalue weighted by atomic mass is 9.87. The first-order valence-corrected chi connectivity index (χ1v) is 5.65. The molecule has 0 heterocycles. The average molecular weight is 186 g/mol. The summed E-state index contributed by atoms with van der Waals surface area (Å²) >= 11 is 0. The lowest BCUT2D eigenvalue weighted by molar-refractivity contribution is -0.693. The third kappa shape index (κ3) is 4.63. The molecule has 2 atom stereocenters. The van der Waals surface area contributed by atoms with Crippen LogP contribution in [0.3, 0.4) is 0 Å². The van der Waals surface area contributed by atoms with E-state index in [4.69, 9.17) is 4.74 Å². The van der Waals surface area contributed by atoms with E-state index in [1.54, 1.807) is 7.11 Å². The molecule has 0 saturated heterocycles. The first-order chi connectivity index (χ1) is 6.33. The van der Waals surface area contributed by atoms with Gasteiger partial charge < -0.3 is 10.1 Å². The van der Waals surface area contributed by atoms with Gasteiger partial charge in [-0.25, -0.2) is 0 Å². The molecule has 2 nitrogen and oxygen atoms in total. The summed E-state index contributed by atoms with van der Waals surface area (Å²) in [5.41, 5.74) is 0. The molecule has 78 valence electrons. The maximum absolute atomic E-state index is 5.03. The van der Waals surface area contributed by atoms with Crippen molar-refractivity contribution in [3.05, 3.63) is 0 Å². The van der Waals surface area contributed by atoms with E-state index in [0.717, 1.165) is 18.6 Å². The Balaban J connectivity index is 2.00. The van der Waals surface area contributed by atoms with Crippen LogP contribution < -0.4 is 5.32 Å². The van der Waals surface area contributed by atoms with Crippen molar-refractivity contribution in [3.63, 3.8) is 0 Å². The summed E-state index contributed by atoms with van der Waals surface area (Å²) in [5.74, 6) is 0.956. The standard InChI is InChI=1S/C11H23NO/c1-10-5-3-6-11(9-10)12-7-4-8-13-2/h10-12H,3-9H2,1-2H3/p+1/t10-,11-/m0/s1. The molecule has 0 unspecified atom stereocenters. The summed E-state index contributed by atoms with van der Waals surface area (Å²) in [6, 6.07) is 0.903. The molecule has 1 aliphatic carbocycles. The van der Waals surface area contributed by atoms with E-state index in [1.165, 1.54) is 38.6 Å². The van der Waals surface area contributed by atoms with Gasteiger partial charge in [-0.2, -0.15) is 0 Å². The molecule has 0 amide bonds. The first-order valence-electron chi connectivity index (χ1n) is 5.65. The van der Waals surface area contributed by atoms with Crippen LogP contribution >= 0.6 is 0 Å². The molecule has 0 spiro atoms. The highest BCUT2D eigenvalue weighted by Crippen LogP contribution is 2.21. The molecule has 1 rings (SSSR count). The summed E-state index contributed by atoms with van der Waals surface area (Å²) in [5, 5.41) is 2.52. The normalized spacial score (nSPS) is 29.1. The second-order valence-corrected chi connectivity index (χ2v) is 4.40. The minimum absolute atomic E-state index is 0.903. The Hall–Kier alpha value is -0.0800. The van der Waals surface area contributed by atoms with Gasteiger partial charge in [-0.05, 0) is 18.8 Å². The third-order valence-corrected chi connectivity index (χ3v) is 3.03. The lowest BCUT2D eigenvalue weighted by Gasteiger charge is -2.24. The average Bonchev–Trinajstić information content (AvgIpc) is 2.13. The summed E-state index contributed by atoms with van der Waals surface area (Å²) in [6.45, 7) is 4.54. The zero-order chi connectivity index (χ0) is 9.52. The van der Waals surface area contributed by atoms with Crippen molar-refractivity contribution in [2.75, 3.05) is 20.3 Å². The Morgan fingerprint density at radius 1 is 1.38 bits per heavy atom. The van der Waals surface area contributed by atoms with Gasteiger partial charge in [0.05, 0.1) is 19.2 Å². The van der Waals surface area contributed by atoms with Crippen molar-refractivity contribution in [2.45, 2.75) is 45.1 Å². The van der Waals surface area contributed by atoms with Gasteiger partial charge in [-0.15, -0.1) is 0 Å². The van der Waals surface area contributed by atoms with Crippen molar-refractivity contribution in [3.8, 4) is 0 Å². The summed E-state index contributed by atoms with van der Waals surface area (Å²) in [4.78, 5) is 0. The van der Waals surface area contributed by atoms with E-state index in [9.17, 15) is 0 Å². The lowest BCUT2D eigenvalue weighted by Crippen LogP contribution is -2.90. The van der Waals surface area contributed by atoms with Crippen LogP contribution in [0.2, 0.25) is 0 Å². The molecule has 0 aliphatic heterocycles. The van der Waals surface area contributed by atoms with Gasteiger partial charge in [-0.1, -0.05) is 13.3 Å². The van der Waals surface area contributed by atoms with Crippen molar-refractivity contribution in [1.82, 2.24) is 0 Å². The van der Waals surface area contributed by atoms with Crippen LogP contribution in [0.5, 0.6) is 0 Å². The van der Waals surface area contributed by atoms with E-state index in [-0.39, 0.29) is 0 Å². The predicted molar refractivity (Wildman–Crippen MR) is 54.7 cm³/mol. The fraction of sp³-hybridized carbons (Fsp3) is 1.00. The number of ether oxygens (including phenoxy) is 1. The maximum Gasteiger partial charge on any atom is 0.0861 e. The SMILES string of the molecule is COCCC[NH2+][C@H]1CCC[C@H](C)C1. The fourth-order valence-electron chi connectivity index (χ4n) is 2.28. The Morgan fingerprint density at radius 3 is 2.92 bits per heavy atom. The zero-order valence-corrected chi connectivity index (χ0v) is 9.09. The van der Waals surface area contributed by atoms with E-state index in [2.05, 4.69) is 12.2 Å². The van der Waals surface area contributed by atoms with Gasteiger partial charge in [0.15, 0.2) is 0 Å². The molecule has 2 N–H and O–H groups in total. The van der Waals surface area contributed by atoms with Gasteiger partial charge in [0.25, 0.3) is 0 Å². The van der Waals surface area contributed by atoms with Crippen LogP contribution in [-0.2, 0) is 4.74 Å². The van der Waals surface area contributed by atoms with Crippen molar-refractivity contribution >= 4 is 0 Å². The smallest absolute Gasteiger partial charge is 0.0861 e. The highest BCUT2D eigenvalue weighted by Gasteiger charge is 2.20. The number of quaternary nitrogens is 1. The van der Waals surface area contributed by atoms with Gasteiger partial charge in [0.1, 0.15) is 0 Å². The number of nitrogens with two attached hydrogens (primary N) is 1. The van der Waals surface area contributed by atoms with Crippen LogP contribution in [0.4, 0.5) is 0 Å². The number of methoxy groups -OCH3 is 1. The van der Waals surface area contributed by atoms with Crippen molar-refractivity contribution in [1.29, 1.82) is 0 Å². The molecule has 1 fully saturated rings. The Labute approximate surface area is 82.0 Å². The number of hydrogen-bond donors (Lipinski definition) is 1. The van der Waals surface area contributed by atoms with Gasteiger partial charge in [0.2, 0.25) is 0 Å². The Kier molecular flexibility index (Phi) is 5.40. The van der Waals surface area contributed by atoms with E-state index in [0.29, 0.717) is 0 Å². The molecule has 1 aliphatic rings. The minimum Gasteiger partial charge on any atom is -0.384 e. The highest BCUT2D eigenvalue weighted by atomic mass is 16.5. The van der Waals surface area contributed by atoms with Crippen LogP contribution in [-0.4, -0.2) is 26.3 Å². The van der Waals surface area contributed by atoms with E-state index in [1.807, 2.05) is 0 Å². The van der Waals surface area contributed by atoms with Crippen LogP contribution in [0, 0.1) is 5.92 Å².